The van der Waals surface area contributed by atoms with E-state index in [0.717, 1.165) is 30.3 Å². The number of sulfonamides is 1. The average molecular weight is 439 g/mol. The van der Waals surface area contributed by atoms with Gasteiger partial charge in [0.15, 0.2) is 0 Å². The fourth-order valence-electron chi connectivity index (χ4n) is 2.55. The Labute approximate surface area is 169 Å². The van der Waals surface area contributed by atoms with Crippen LogP contribution in [-0.2, 0) is 16.2 Å². The second-order valence-electron chi connectivity index (χ2n) is 5.98. The molecule has 1 amide bonds. The van der Waals surface area contributed by atoms with Gasteiger partial charge in [0.05, 0.1) is 16.0 Å². The number of rotatable bonds is 5. The first kappa shape index (κ1) is 21.3. The first-order valence-corrected chi connectivity index (χ1v) is 9.82. The predicted molar refractivity (Wildman–Crippen MR) is 99.0 cm³/mol. The van der Waals surface area contributed by atoms with Gasteiger partial charge in [-0.2, -0.15) is 13.2 Å². The van der Waals surface area contributed by atoms with Crippen LogP contribution in [-0.4, -0.2) is 14.3 Å². The van der Waals surface area contributed by atoms with E-state index >= 15 is 0 Å². The number of benzene rings is 3. The molecule has 3 aromatic carbocycles. The van der Waals surface area contributed by atoms with Crippen molar-refractivity contribution in [1.29, 1.82) is 0 Å². The summed E-state index contributed by atoms with van der Waals surface area (Å²) in [5, 5.41) is 0. The van der Waals surface area contributed by atoms with Crippen molar-refractivity contribution in [2.45, 2.75) is 11.1 Å². The molecule has 3 aromatic rings. The minimum Gasteiger partial charge on any atom is -0.457 e. The van der Waals surface area contributed by atoms with Crippen molar-refractivity contribution in [3.8, 4) is 11.5 Å². The lowest BCUT2D eigenvalue weighted by Crippen LogP contribution is -2.32. The molecule has 0 heterocycles. The molecule has 0 spiro atoms. The van der Waals surface area contributed by atoms with Crippen LogP contribution < -0.4 is 9.46 Å². The highest BCUT2D eigenvalue weighted by atomic mass is 32.2. The van der Waals surface area contributed by atoms with Gasteiger partial charge >= 0.3 is 6.18 Å². The number of nitrogens with one attached hydrogen (secondary N) is 1. The van der Waals surface area contributed by atoms with Crippen molar-refractivity contribution in [3.05, 3.63) is 89.7 Å². The maximum atomic E-state index is 13.7. The minimum atomic E-state index is -4.96. The van der Waals surface area contributed by atoms with Crippen molar-refractivity contribution < 1.29 is 35.5 Å². The molecule has 0 radical (unpaired) electrons. The fourth-order valence-corrected chi connectivity index (χ4v) is 3.75. The summed E-state index contributed by atoms with van der Waals surface area (Å²) >= 11 is 0. The number of hydrogen-bond acceptors (Lipinski definition) is 4. The normalized spacial score (nSPS) is 11.7. The summed E-state index contributed by atoms with van der Waals surface area (Å²) in [4.78, 5) is 11.4. The maximum absolute atomic E-state index is 13.7. The second-order valence-corrected chi connectivity index (χ2v) is 7.63. The molecular weight excluding hydrogens is 426 g/mol. The van der Waals surface area contributed by atoms with Crippen LogP contribution in [0.15, 0.2) is 77.7 Å². The van der Waals surface area contributed by atoms with Gasteiger partial charge in [-0.25, -0.2) is 17.5 Å². The van der Waals surface area contributed by atoms with Gasteiger partial charge in [-0.3, -0.25) is 4.79 Å². The Bertz CT molecular complexity index is 1180. The number of carbonyl (C=O) groups excluding carboxylic acids is 1. The molecule has 0 saturated carbocycles. The molecule has 3 rings (SSSR count). The summed E-state index contributed by atoms with van der Waals surface area (Å²) in [6.45, 7) is 0. The molecule has 0 bridgehead atoms. The molecule has 0 unspecified atom stereocenters. The predicted octanol–water partition coefficient (Wildman–Crippen LogP) is 4.76. The third kappa shape index (κ3) is 4.77. The quantitative estimate of drug-likeness (QED) is 0.582. The van der Waals surface area contributed by atoms with Crippen LogP contribution >= 0.6 is 0 Å². The number of ether oxygens (including phenoxy) is 1. The van der Waals surface area contributed by atoms with Crippen LogP contribution in [0.25, 0.3) is 0 Å². The van der Waals surface area contributed by atoms with E-state index in [1.54, 1.807) is 35.1 Å². The Morgan fingerprint density at radius 3 is 2.20 bits per heavy atom. The lowest BCUT2D eigenvalue weighted by Gasteiger charge is -2.15. The molecule has 0 aliphatic carbocycles. The van der Waals surface area contributed by atoms with E-state index in [2.05, 4.69) is 0 Å². The van der Waals surface area contributed by atoms with Gasteiger partial charge < -0.3 is 4.74 Å². The SMILES string of the molecule is O=C(NS(=O)(=O)c1ccccc1C(F)(F)F)c1cc(F)ccc1Oc1ccccc1. The summed E-state index contributed by atoms with van der Waals surface area (Å²) in [5.41, 5.74) is -1.95. The Morgan fingerprint density at radius 1 is 0.900 bits per heavy atom. The number of para-hydroxylation sites is 1. The third-order valence-electron chi connectivity index (χ3n) is 3.87. The van der Waals surface area contributed by atoms with Gasteiger partial charge in [0.1, 0.15) is 17.3 Å². The summed E-state index contributed by atoms with van der Waals surface area (Å²) in [5.74, 6) is -2.12. The highest BCUT2D eigenvalue weighted by Gasteiger charge is 2.37. The lowest BCUT2D eigenvalue weighted by molar-refractivity contribution is -0.139. The topological polar surface area (TPSA) is 72.5 Å². The fraction of sp³-hybridized carbons (Fsp3) is 0.0500. The standard InChI is InChI=1S/C20H13F4NO4S/c21-13-10-11-17(29-14-6-2-1-3-7-14)15(12-13)19(26)25-30(27,28)18-9-5-4-8-16(18)20(22,23)24/h1-12H,(H,25,26). The number of alkyl halides is 3. The summed E-state index contributed by atoms with van der Waals surface area (Å²) in [7, 11) is -4.92. The third-order valence-corrected chi connectivity index (χ3v) is 5.26. The van der Waals surface area contributed by atoms with E-state index in [0.29, 0.717) is 12.1 Å². The molecule has 30 heavy (non-hydrogen) atoms. The molecule has 5 nitrogen and oxygen atoms in total. The van der Waals surface area contributed by atoms with Crippen LogP contribution in [0.2, 0.25) is 0 Å². The molecule has 0 aromatic heterocycles. The number of amides is 1. The second kappa shape index (κ2) is 8.15. The highest BCUT2D eigenvalue weighted by molar-refractivity contribution is 7.90. The van der Waals surface area contributed by atoms with Gasteiger partial charge in [0.25, 0.3) is 15.9 Å². The Morgan fingerprint density at radius 2 is 1.53 bits per heavy atom. The monoisotopic (exact) mass is 439 g/mol. The van der Waals surface area contributed by atoms with E-state index in [1.165, 1.54) is 0 Å². The molecule has 10 heteroatoms. The van der Waals surface area contributed by atoms with Gasteiger partial charge in [-0.05, 0) is 42.5 Å². The Hall–Kier alpha value is -3.40. The van der Waals surface area contributed by atoms with Crippen LogP contribution in [0.3, 0.4) is 0 Å². The molecule has 0 aliphatic heterocycles. The summed E-state index contributed by atoms with van der Waals surface area (Å²) in [6, 6.07) is 14.3. The van der Waals surface area contributed by atoms with E-state index in [4.69, 9.17) is 4.74 Å². The van der Waals surface area contributed by atoms with Crippen molar-refractivity contribution in [3.63, 3.8) is 0 Å². The zero-order valence-corrected chi connectivity index (χ0v) is 15.8. The lowest BCUT2D eigenvalue weighted by atomic mass is 10.2. The Balaban J connectivity index is 1.96. The van der Waals surface area contributed by atoms with Crippen LogP contribution in [0, 0.1) is 5.82 Å². The summed E-state index contributed by atoms with van der Waals surface area (Å²) in [6.07, 6.45) is -4.96. The van der Waals surface area contributed by atoms with Crippen molar-refractivity contribution >= 4 is 15.9 Å². The van der Waals surface area contributed by atoms with Gasteiger partial charge in [0, 0.05) is 0 Å². The minimum absolute atomic E-state index is 0.181. The van der Waals surface area contributed by atoms with Crippen molar-refractivity contribution in [2.75, 3.05) is 0 Å². The van der Waals surface area contributed by atoms with E-state index in [1.807, 2.05) is 0 Å². The molecule has 0 saturated heterocycles. The first-order chi connectivity index (χ1) is 14.1. The zero-order chi connectivity index (χ0) is 21.9. The Kier molecular flexibility index (Phi) is 5.79. The van der Waals surface area contributed by atoms with E-state index in [9.17, 15) is 30.8 Å². The first-order valence-electron chi connectivity index (χ1n) is 8.34. The zero-order valence-electron chi connectivity index (χ0n) is 15.0. The van der Waals surface area contributed by atoms with Crippen molar-refractivity contribution in [1.82, 2.24) is 4.72 Å². The van der Waals surface area contributed by atoms with Crippen LogP contribution in [0.4, 0.5) is 17.6 Å². The molecule has 1 N–H and O–H groups in total. The van der Waals surface area contributed by atoms with Gasteiger partial charge in [0.2, 0.25) is 0 Å². The summed E-state index contributed by atoms with van der Waals surface area (Å²) < 4.78 is 85.1. The van der Waals surface area contributed by atoms with Gasteiger partial charge in [-0.1, -0.05) is 30.3 Å². The molecule has 0 aliphatic rings. The number of carbonyl (C=O) groups is 1. The van der Waals surface area contributed by atoms with Crippen molar-refractivity contribution in [2.24, 2.45) is 0 Å². The molecule has 0 fully saturated rings. The number of halogens is 4. The number of hydrogen-bond donors (Lipinski definition) is 1. The molecule has 156 valence electrons. The maximum Gasteiger partial charge on any atom is 0.417 e. The van der Waals surface area contributed by atoms with E-state index in [-0.39, 0.29) is 11.5 Å². The van der Waals surface area contributed by atoms with Crippen LogP contribution in [0.1, 0.15) is 15.9 Å². The largest absolute Gasteiger partial charge is 0.457 e. The average Bonchev–Trinajstić information content (AvgIpc) is 2.69. The van der Waals surface area contributed by atoms with Crippen LogP contribution in [0.5, 0.6) is 11.5 Å². The van der Waals surface area contributed by atoms with Gasteiger partial charge in [-0.15, -0.1) is 0 Å². The molecular formula is C20H13F4NO4S. The van der Waals surface area contributed by atoms with E-state index < -0.39 is 43.9 Å². The molecule has 0 atom stereocenters. The highest BCUT2D eigenvalue weighted by Crippen LogP contribution is 2.34. The smallest absolute Gasteiger partial charge is 0.417 e.